The molecule has 0 saturated carbocycles. The normalized spacial score (nSPS) is 14.7. The number of piperazine rings is 1. The lowest BCUT2D eigenvalue weighted by Crippen LogP contribution is -2.50. The molecule has 0 amide bonds. The number of anilines is 1. The number of hydrogen-bond acceptors (Lipinski definition) is 6. The maximum atomic E-state index is 13.9. The number of halogens is 1. The summed E-state index contributed by atoms with van der Waals surface area (Å²) in [5, 5.41) is 6.77. The molecular weight excluding hydrogens is 574 g/mol. The SMILES string of the molecule is CC(C)S(=O)(=O)N1CCN(c2cnn(-c3cccc(Cl)c3)c(=O)c2OCCn2c3ccccc3c3ccccc32)CC1. The van der Waals surface area contributed by atoms with E-state index in [-0.39, 0.29) is 12.4 Å². The second-order valence-corrected chi connectivity index (χ2v) is 13.5. The third-order valence-corrected chi connectivity index (χ3v) is 10.3. The van der Waals surface area contributed by atoms with E-state index in [0.717, 1.165) is 21.8 Å². The van der Waals surface area contributed by atoms with Crippen molar-refractivity contribution in [2.45, 2.75) is 25.6 Å². The van der Waals surface area contributed by atoms with Crippen molar-refractivity contribution in [1.29, 1.82) is 0 Å². The first kappa shape index (κ1) is 28.3. The number of aromatic nitrogens is 3. The van der Waals surface area contributed by atoms with E-state index in [0.29, 0.717) is 49.1 Å². The van der Waals surface area contributed by atoms with Gasteiger partial charge < -0.3 is 14.2 Å². The van der Waals surface area contributed by atoms with Gasteiger partial charge in [0, 0.05) is 53.0 Å². The minimum atomic E-state index is -3.37. The van der Waals surface area contributed by atoms with E-state index >= 15 is 0 Å². The van der Waals surface area contributed by atoms with Gasteiger partial charge in [0.1, 0.15) is 12.3 Å². The summed E-state index contributed by atoms with van der Waals surface area (Å²) in [5.74, 6) is 0.172. The molecule has 2 aromatic heterocycles. The van der Waals surface area contributed by atoms with Crippen LogP contribution in [0.15, 0.2) is 83.8 Å². The Morgan fingerprint density at radius 2 is 1.55 bits per heavy atom. The Morgan fingerprint density at radius 3 is 2.17 bits per heavy atom. The van der Waals surface area contributed by atoms with Crippen molar-refractivity contribution in [3.63, 3.8) is 0 Å². The number of nitrogens with zero attached hydrogens (tertiary/aromatic N) is 5. The number of sulfonamides is 1. The highest BCUT2D eigenvalue weighted by Gasteiger charge is 2.31. The van der Waals surface area contributed by atoms with Crippen LogP contribution in [0, 0.1) is 0 Å². The largest absolute Gasteiger partial charge is 0.484 e. The Bertz CT molecular complexity index is 1870. The van der Waals surface area contributed by atoms with E-state index in [4.69, 9.17) is 16.3 Å². The van der Waals surface area contributed by atoms with Gasteiger partial charge in [-0.1, -0.05) is 54.1 Å². The molecule has 218 valence electrons. The van der Waals surface area contributed by atoms with E-state index < -0.39 is 20.8 Å². The van der Waals surface area contributed by atoms with Crippen molar-refractivity contribution in [2.75, 3.05) is 37.7 Å². The molecule has 0 bridgehead atoms. The van der Waals surface area contributed by atoms with E-state index in [1.807, 2.05) is 29.2 Å². The topological polar surface area (TPSA) is 89.7 Å². The van der Waals surface area contributed by atoms with Crippen LogP contribution in [0.4, 0.5) is 5.69 Å². The lowest BCUT2D eigenvalue weighted by atomic mass is 10.2. The highest BCUT2D eigenvalue weighted by Crippen LogP contribution is 2.30. The van der Waals surface area contributed by atoms with Crippen molar-refractivity contribution in [1.82, 2.24) is 18.7 Å². The molecule has 0 aliphatic carbocycles. The second-order valence-electron chi connectivity index (χ2n) is 10.6. The molecular formula is C31H32ClN5O4S. The van der Waals surface area contributed by atoms with Gasteiger partial charge in [0.15, 0.2) is 0 Å². The number of benzene rings is 3. The molecule has 3 aromatic carbocycles. The number of hydrogen-bond donors (Lipinski definition) is 0. The molecule has 11 heteroatoms. The first-order valence-electron chi connectivity index (χ1n) is 14.0. The number of ether oxygens (including phenoxy) is 1. The third kappa shape index (κ3) is 5.14. The highest BCUT2D eigenvalue weighted by atomic mass is 35.5. The summed E-state index contributed by atoms with van der Waals surface area (Å²) in [4.78, 5) is 15.8. The monoisotopic (exact) mass is 605 g/mol. The molecule has 42 heavy (non-hydrogen) atoms. The molecule has 0 atom stereocenters. The standard InChI is InChI=1S/C31H32ClN5O4S/c1-22(2)42(39,40)35-16-14-34(15-17-35)29-21-33-37(24-9-7-8-23(32)20-24)31(38)30(29)41-19-18-36-27-12-5-3-10-25(27)26-11-4-6-13-28(26)36/h3-13,20-22H,14-19H2,1-2H3. The van der Waals surface area contributed by atoms with E-state index in [2.05, 4.69) is 33.9 Å². The second kappa shape index (κ2) is 11.4. The fraction of sp³-hybridized carbons (Fsp3) is 0.290. The summed E-state index contributed by atoms with van der Waals surface area (Å²) in [7, 11) is -3.37. The lowest BCUT2D eigenvalue weighted by Gasteiger charge is -2.36. The van der Waals surface area contributed by atoms with Crippen LogP contribution < -0.4 is 15.2 Å². The summed E-state index contributed by atoms with van der Waals surface area (Å²) in [6.07, 6.45) is 1.62. The maximum Gasteiger partial charge on any atom is 0.316 e. The molecule has 6 rings (SSSR count). The van der Waals surface area contributed by atoms with Gasteiger partial charge in [-0.3, -0.25) is 4.79 Å². The van der Waals surface area contributed by atoms with Crippen LogP contribution in [-0.2, 0) is 16.6 Å². The zero-order chi connectivity index (χ0) is 29.4. The molecule has 1 fully saturated rings. The van der Waals surface area contributed by atoms with Gasteiger partial charge in [0.25, 0.3) is 0 Å². The van der Waals surface area contributed by atoms with Gasteiger partial charge in [-0.05, 0) is 44.2 Å². The maximum absolute atomic E-state index is 13.9. The van der Waals surface area contributed by atoms with Crippen LogP contribution >= 0.6 is 11.6 Å². The predicted octanol–water partition coefficient (Wildman–Crippen LogP) is 4.93. The lowest BCUT2D eigenvalue weighted by molar-refractivity contribution is 0.294. The molecule has 1 aliphatic rings. The number of rotatable bonds is 8. The summed E-state index contributed by atoms with van der Waals surface area (Å²) < 4.78 is 36.8. The smallest absolute Gasteiger partial charge is 0.316 e. The molecule has 5 aromatic rings. The fourth-order valence-corrected chi connectivity index (χ4v) is 7.00. The minimum Gasteiger partial charge on any atom is -0.484 e. The molecule has 0 unspecified atom stereocenters. The van der Waals surface area contributed by atoms with Crippen molar-refractivity contribution in [2.24, 2.45) is 0 Å². The van der Waals surface area contributed by atoms with Crippen LogP contribution in [0.25, 0.3) is 27.5 Å². The Hall–Kier alpha value is -3.86. The van der Waals surface area contributed by atoms with Crippen molar-refractivity contribution in [3.05, 3.63) is 94.4 Å². The molecule has 1 aliphatic heterocycles. The first-order chi connectivity index (χ1) is 20.3. The van der Waals surface area contributed by atoms with Crippen LogP contribution in [0.3, 0.4) is 0 Å². The van der Waals surface area contributed by atoms with Crippen LogP contribution in [0.5, 0.6) is 5.75 Å². The van der Waals surface area contributed by atoms with Gasteiger partial charge in [-0.2, -0.15) is 14.1 Å². The van der Waals surface area contributed by atoms with E-state index in [1.54, 1.807) is 44.3 Å². The summed E-state index contributed by atoms with van der Waals surface area (Å²) >= 11 is 6.21. The van der Waals surface area contributed by atoms with Gasteiger partial charge in [-0.15, -0.1) is 0 Å². The molecule has 0 radical (unpaired) electrons. The Labute approximate surface area is 249 Å². The average Bonchev–Trinajstić information content (AvgIpc) is 3.31. The van der Waals surface area contributed by atoms with Crippen molar-refractivity contribution >= 4 is 49.1 Å². The van der Waals surface area contributed by atoms with Crippen molar-refractivity contribution in [3.8, 4) is 11.4 Å². The molecule has 3 heterocycles. The number of para-hydroxylation sites is 2. The molecule has 0 spiro atoms. The zero-order valence-corrected chi connectivity index (χ0v) is 25.1. The van der Waals surface area contributed by atoms with Crippen LogP contribution in [0.1, 0.15) is 13.8 Å². The Morgan fingerprint density at radius 1 is 0.905 bits per heavy atom. The summed E-state index contributed by atoms with van der Waals surface area (Å²) in [6, 6.07) is 23.4. The van der Waals surface area contributed by atoms with Gasteiger partial charge >= 0.3 is 5.56 Å². The van der Waals surface area contributed by atoms with E-state index in [1.165, 1.54) is 8.99 Å². The van der Waals surface area contributed by atoms with Gasteiger partial charge in [0.05, 0.1) is 23.7 Å². The number of fused-ring (bicyclic) bond motifs is 3. The summed E-state index contributed by atoms with van der Waals surface area (Å²) in [6.45, 7) is 5.60. The quantitative estimate of drug-likeness (QED) is 0.249. The van der Waals surface area contributed by atoms with Crippen LogP contribution in [0.2, 0.25) is 5.02 Å². The zero-order valence-electron chi connectivity index (χ0n) is 23.5. The van der Waals surface area contributed by atoms with Crippen molar-refractivity contribution < 1.29 is 13.2 Å². The minimum absolute atomic E-state index is 0.172. The van der Waals surface area contributed by atoms with Gasteiger partial charge in [0.2, 0.25) is 15.8 Å². The Balaban J connectivity index is 1.33. The third-order valence-electron chi connectivity index (χ3n) is 7.74. The fourth-order valence-electron chi connectivity index (χ4n) is 5.55. The first-order valence-corrected chi connectivity index (χ1v) is 15.8. The van der Waals surface area contributed by atoms with E-state index in [9.17, 15) is 13.2 Å². The predicted molar refractivity (Wildman–Crippen MR) is 168 cm³/mol. The molecule has 1 saturated heterocycles. The van der Waals surface area contributed by atoms with Gasteiger partial charge in [-0.25, -0.2) is 8.42 Å². The highest BCUT2D eigenvalue weighted by molar-refractivity contribution is 7.89. The van der Waals surface area contributed by atoms with Crippen LogP contribution in [-0.4, -0.2) is 65.1 Å². The molecule has 9 nitrogen and oxygen atoms in total. The summed E-state index contributed by atoms with van der Waals surface area (Å²) in [5.41, 5.74) is 2.85. The average molecular weight is 606 g/mol. The Kier molecular flexibility index (Phi) is 7.69. The molecule has 0 N–H and O–H groups in total.